The molecule has 3 aromatic heterocycles. The van der Waals surface area contributed by atoms with Crippen LogP contribution in [0.15, 0.2) is 63.8 Å². The van der Waals surface area contributed by atoms with E-state index in [2.05, 4.69) is 4.98 Å². The number of carbonyl (C=O) groups excluding carboxylic acids is 1. The van der Waals surface area contributed by atoms with Crippen molar-refractivity contribution in [3.8, 4) is 0 Å². The molecule has 9 heteroatoms. The fourth-order valence-electron chi connectivity index (χ4n) is 3.80. The summed E-state index contributed by atoms with van der Waals surface area (Å²) >= 11 is 1.56. The quantitative estimate of drug-likeness (QED) is 0.401. The summed E-state index contributed by atoms with van der Waals surface area (Å²) in [5, 5.41) is 1.95. The first kappa shape index (κ1) is 22.7. The molecule has 33 heavy (non-hydrogen) atoms. The smallest absolute Gasteiger partial charge is 0.333 e. The fraction of sp³-hybridized carbons (Fsp3) is 0.333. The molecule has 0 radical (unpaired) electrons. The molecule has 0 atom stereocenters. The highest BCUT2D eigenvalue weighted by Crippen LogP contribution is 2.13. The molecular formula is C24H27N5O3S. The van der Waals surface area contributed by atoms with Gasteiger partial charge in [-0.05, 0) is 22.9 Å². The summed E-state index contributed by atoms with van der Waals surface area (Å²) in [4.78, 5) is 46.8. The van der Waals surface area contributed by atoms with Gasteiger partial charge in [0.2, 0.25) is 5.91 Å². The molecule has 3 heterocycles. The van der Waals surface area contributed by atoms with E-state index in [1.807, 2.05) is 61.7 Å². The Morgan fingerprint density at radius 3 is 2.52 bits per heavy atom. The van der Waals surface area contributed by atoms with Crippen molar-refractivity contribution in [2.24, 2.45) is 5.92 Å². The second kappa shape index (κ2) is 9.58. The minimum atomic E-state index is -0.538. The van der Waals surface area contributed by atoms with E-state index >= 15 is 0 Å². The van der Waals surface area contributed by atoms with Crippen molar-refractivity contribution >= 4 is 28.4 Å². The van der Waals surface area contributed by atoms with Crippen molar-refractivity contribution in [2.75, 3.05) is 7.05 Å². The Bertz CT molecular complexity index is 1370. The van der Waals surface area contributed by atoms with E-state index in [0.717, 1.165) is 15.0 Å². The largest absolute Gasteiger partial charge is 0.339 e. The van der Waals surface area contributed by atoms with Crippen LogP contribution in [-0.4, -0.2) is 36.5 Å². The highest BCUT2D eigenvalue weighted by atomic mass is 32.1. The monoisotopic (exact) mass is 465 g/mol. The number of aromatic nitrogens is 4. The van der Waals surface area contributed by atoms with Gasteiger partial charge in [0.1, 0.15) is 6.54 Å². The van der Waals surface area contributed by atoms with E-state index in [1.165, 1.54) is 9.47 Å². The van der Waals surface area contributed by atoms with Crippen LogP contribution in [0, 0.1) is 5.92 Å². The van der Waals surface area contributed by atoms with Crippen molar-refractivity contribution in [1.82, 2.24) is 23.6 Å². The molecule has 0 saturated carbocycles. The lowest BCUT2D eigenvalue weighted by Gasteiger charge is -2.18. The summed E-state index contributed by atoms with van der Waals surface area (Å²) in [6, 6.07) is 13.4. The zero-order valence-electron chi connectivity index (χ0n) is 19.0. The summed E-state index contributed by atoms with van der Waals surface area (Å²) in [7, 11) is 1.68. The van der Waals surface area contributed by atoms with Crippen LogP contribution in [0.3, 0.4) is 0 Å². The van der Waals surface area contributed by atoms with Crippen LogP contribution in [0.4, 0.5) is 0 Å². The van der Waals surface area contributed by atoms with Gasteiger partial charge >= 0.3 is 5.69 Å². The minimum absolute atomic E-state index is 0.258. The molecule has 0 spiro atoms. The van der Waals surface area contributed by atoms with Crippen LogP contribution in [0.5, 0.6) is 0 Å². The Balaban J connectivity index is 1.78. The van der Waals surface area contributed by atoms with E-state index in [4.69, 9.17) is 0 Å². The van der Waals surface area contributed by atoms with Crippen LogP contribution >= 0.6 is 11.3 Å². The van der Waals surface area contributed by atoms with Crippen molar-refractivity contribution in [3.63, 3.8) is 0 Å². The molecule has 4 aromatic rings. The van der Waals surface area contributed by atoms with Gasteiger partial charge in [-0.3, -0.25) is 14.2 Å². The van der Waals surface area contributed by atoms with Crippen LogP contribution < -0.4 is 11.2 Å². The molecule has 0 fully saturated rings. The topological polar surface area (TPSA) is 82.1 Å². The predicted octanol–water partition coefficient (Wildman–Crippen LogP) is 2.78. The normalized spacial score (nSPS) is 11.4. The molecule has 0 aliphatic heterocycles. The molecule has 8 nitrogen and oxygen atoms in total. The zero-order valence-corrected chi connectivity index (χ0v) is 19.8. The summed E-state index contributed by atoms with van der Waals surface area (Å²) in [6.45, 7) is 5.05. The van der Waals surface area contributed by atoms with Gasteiger partial charge in [-0.15, -0.1) is 11.3 Å². The molecule has 0 aliphatic rings. The average Bonchev–Trinajstić information content (AvgIpc) is 3.44. The van der Waals surface area contributed by atoms with E-state index in [0.29, 0.717) is 24.3 Å². The Morgan fingerprint density at radius 1 is 1.09 bits per heavy atom. The number of fused-ring (bicyclic) bond motifs is 1. The summed E-state index contributed by atoms with van der Waals surface area (Å²) < 4.78 is 4.30. The molecular weight excluding hydrogens is 438 g/mol. The van der Waals surface area contributed by atoms with Crippen LogP contribution in [0.1, 0.15) is 24.3 Å². The number of imidazole rings is 1. The number of carbonyl (C=O) groups is 1. The molecule has 0 saturated heterocycles. The molecule has 1 amide bonds. The van der Waals surface area contributed by atoms with Crippen molar-refractivity contribution < 1.29 is 4.79 Å². The second-order valence-electron chi connectivity index (χ2n) is 8.54. The number of rotatable bonds is 8. The number of nitrogens with zero attached hydrogens (tertiary/aromatic N) is 5. The number of benzene rings is 1. The molecule has 0 N–H and O–H groups in total. The zero-order chi connectivity index (χ0) is 23.5. The van der Waals surface area contributed by atoms with Crippen LogP contribution in [0.2, 0.25) is 0 Å². The van der Waals surface area contributed by atoms with E-state index < -0.39 is 11.2 Å². The molecule has 1 aromatic carbocycles. The number of likely N-dealkylation sites (N-methyl/N-ethyl adjacent to an activating group) is 1. The maximum absolute atomic E-state index is 13.4. The first-order chi connectivity index (χ1) is 15.8. The third-order valence-electron chi connectivity index (χ3n) is 5.42. The summed E-state index contributed by atoms with van der Waals surface area (Å²) in [5.74, 6) is -0.0218. The van der Waals surface area contributed by atoms with Crippen LogP contribution in [0.25, 0.3) is 11.2 Å². The maximum atomic E-state index is 13.4. The SMILES string of the molecule is CC(C)Cn1cnc2c1c(=O)n(CC(=O)N(C)Cc1cccs1)c(=O)n2Cc1ccccc1. The lowest BCUT2D eigenvalue weighted by atomic mass is 10.2. The van der Waals surface area contributed by atoms with Gasteiger partial charge in [-0.1, -0.05) is 50.2 Å². The predicted molar refractivity (Wildman–Crippen MR) is 129 cm³/mol. The highest BCUT2D eigenvalue weighted by Gasteiger charge is 2.21. The number of hydrogen-bond acceptors (Lipinski definition) is 5. The van der Waals surface area contributed by atoms with Gasteiger partial charge in [-0.25, -0.2) is 14.3 Å². The molecule has 0 bridgehead atoms. The van der Waals surface area contributed by atoms with Gasteiger partial charge < -0.3 is 9.47 Å². The van der Waals surface area contributed by atoms with Gasteiger partial charge in [0.05, 0.1) is 19.4 Å². The summed E-state index contributed by atoms with van der Waals surface area (Å²) in [6.07, 6.45) is 1.60. The fourth-order valence-corrected chi connectivity index (χ4v) is 4.56. The third kappa shape index (κ3) is 4.83. The second-order valence-corrected chi connectivity index (χ2v) is 9.57. The lowest BCUT2D eigenvalue weighted by Crippen LogP contribution is -2.44. The Morgan fingerprint density at radius 2 is 1.85 bits per heavy atom. The van der Waals surface area contributed by atoms with Gasteiger partial charge in [0.15, 0.2) is 11.2 Å². The van der Waals surface area contributed by atoms with Gasteiger partial charge in [-0.2, -0.15) is 0 Å². The molecule has 0 aliphatic carbocycles. The lowest BCUT2D eigenvalue weighted by molar-refractivity contribution is -0.131. The third-order valence-corrected chi connectivity index (χ3v) is 6.28. The summed E-state index contributed by atoms with van der Waals surface area (Å²) in [5.41, 5.74) is 0.558. The number of thiophene rings is 1. The van der Waals surface area contributed by atoms with Crippen molar-refractivity contribution in [2.45, 2.75) is 40.0 Å². The van der Waals surface area contributed by atoms with Gasteiger partial charge in [0.25, 0.3) is 5.56 Å². The highest BCUT2D eigenvalue weighted by molar-refractivity contribution is 7.09. The first-order valence-electron chi connectivity index (χ1n) is 10.8. The first-order valence-corrected chi connectivity index (χ1v) is 11.7. The molecule has 172 valence electrons. The Labute approximate surface area is 195 Å². The Hall–Kier alpha value is -3.46. The van der Waals surface area contributed by atoms with Crippen molar-refractivity contribution in [1.29, 1.82) is 0 Å². The standard InChI is InChI=1S/C24H27N5O3S/c1-17(2)12-27-16-25-22-21(27)23(31)29(15-20(30)26(3)14-19-10-7-11-33-19)24(32)28(22)13-18-8-5-4-6-9-18/h4-11,16-17H,12-15H2,1-3H3. The van der Waals surface area contributed by atoms with E-state index in [-0.39, 0.29) is 24.9 Å². The van der Waals surface area contributed by atoms with E-state index in [1.54, 1.807) is 29.3 Å². The molecule has 4 rings (SSSR count). The average molecular weight is 466 g/mol. The number of hydrogen-bond donors (Lipinski definition) is 0. The Kier molecular flexibility index (Phi) is 6.60. The van der Waals surface area contributed by atoms with Crippen LogP contribution in [-0.2, 0) is 31.0 Å². The van der Waals surface area contributed by atoms with E-state index in [9.17, 15) is 14.4 Å². The van der Waals surface area contributed by atoms with Crippen molar-refractivity contribution in [3.05, 3.63) is 85.5 Å². The minimum Gasteiger partial charge on any atom is -0.339 e. The molecule has 0 unspecified atom stereocenters. The maximum Gasteiger partial charge on any atom is 0.333 e. The number of amides is 1. The van der Waals surface area contributed by atoms with Gasteiger partial charge in [0, 0.05) is 18.5 Å².